The molecule has 0 bridgehead atoms. The highest BCUT2D eigenvalue weighted by molar-refractivity contribution is 7.43. The predicted octanol–water partition coefficient (Wildman–Crippen LogP) is -2.16. The highest BCUT2D eigenvalue weighted by atomic mass is 31.2. The van der Waals surface area contributed by atoms with Gasteiger partial charge in [0.15, 0.2) is 5.72 Å². The third-order valence-corrected chi connectivity index (χ3v) is 6.84. The van der Waals surface area contributed by atoms with Crippen LogP contribution in [0.3, 0.4) is 0 Å². The van der Waals surface area contributed by atoms with Crippen LogP contribution in [0.25, 0.3) is 10.4 Å². The van der Waals surface area contributed by atoms with Crippen molar-refractivity contribution in [2.45, 2.75) is 72.9 Å². The van der Waals surface area contributed by atoms with E-state index in [4.69, 9.17) is 10.3 Å². The van der Waals surface area contributed by atoms with Crippen LogP contribution in [0.15, 0.2) is 20.9 Å². The fraction of sp³-hybridized carbons (Fsp3) is 0.818. The second kappa shape index (κ2) is 17.5. The van der Waals surface area contributed by atoms with Crippen LogP contribution in [0, 0.1) is 6.92 Å². The molecule has 0 saturated carbocycles. The van der Waals surface area contributed by atoms with E-state index in [-0.39, 0.29) is 5.56 Å². The van der Waals surface area contributed by atoms with E-state index in [0.29, 0.717) is 0 Å². The molecule has 1 aromatic rings. The van der Waals surface area contributed by atoms with Crippen LogP contribution >= 0.6 is 7.82 Å². The zero-order valence-electron chi connectivity index (χ0n) is 23.4. The molecule has 38 heavy (non-hydrogen) atoms. The molecule has 0 aliphatic carbocycles. The van der Waals surface area contributed by atoms with Crippen LogP contribution in [-0.4, -0.2) is 72.4 Å². The number of aliphatic hydroxyl groups is 1. The fourth-order valence-corrected chi connectivity index (χ4v) is 4.03. The van der Waals surface area contributed by atoms with Crippen molar-refractivity contribution in [3.8, 4) is 0 Å². The van der Waals surface area contributed by atoms with Crippen LogP contribution in [0.4, 0.5) is 0 Å². The monoisotopic (exact) mass is 565 g/mol. The third kappa shape index (κ3) is 12.2. The van der Waals surface area contributed by atoms with Crippen LogP contribution < -0.4 is 30.8 Å². The van der Waals surface area contributed by atoms with E-state index in [1.165, 1.54) is 46.2 Å². The van der Waals surface area contributed by atoms with Crippen molar-refractivity contribution in [2.24, 2.45) is 5.11 Å². The number of aryl methyl sites for hydroxylation is 1. The summed E-state index contributed by atoms with van der Waals surface area (Å²) < 4.78 is 20.8. The lowest BCUT2D eigenvalue weighted by atomic mass is 10.1. The summed E-state index contributed by atoms with van der Waals surface area (Å²) in [5.74, 6) is 0. The molecule has 1 aliphatic heterocycles. The standard InChI is InChI=1S/C10H14N5O8P.2C6H15N/c1-5-3-15(9(17)12-8(5)16)7-2-10(18,13-14-11)6(23-7)4-22-24(19,20)21;2*1-4-7(5-2)6-3/h3,6-7,18H,2,4H2,1H3,(H,12,16,17)(H2,19,20,21);2*4-6H2,1-3H3/t6-,7-,10+;;/m1../s1. The van der Waals surface area contributed by atoms with Crippen molar-refractivity contribution < 1.29 is 38.5 Å². The van der Waals surface area contributed by atoms with Crippen molar-refractivity contribution >= 4 is 7.82 Å². The average Bonchev–Trinajstić information content (AvgIpc) is 3.18. The number of hydrogen-bond acceptors (Lipinski definition) is 9. The number of hydrogen-bond donors (Lipinski definition) is 4. The molecule has 220 valence electrons. The van der Waals surface area contributed by atoms with Crippen LogP contribution in [0.1, 0.15) is 59.8 Å². The largest absolute Gasteiger partial charge is 0.790 e. The second-order valence-corrected chi connectivity index (χ2v) is 9.85. The molecule has 3 atom stereocenters. The number of rotatable bonds is 11. The molecule has 16 heteroatoms. The zero-order chi connectivity index (χ0) is 29.5. The number of azide groups is 1. The maximum absolute atomic E-state index is 11.8. The fourth-order valence-electron chi connectivity index (χ4n) is 3.71. The summed E-state index contributed by atoms with van der Waals surface area (Å²) in [4.78, 5) is 52.1. The minimum absolute atomic E-state index is 0.175. The lowest BCUT2D eigenvalue weighted by Crippen LogP contribution is -3.11. The van der Waals surface area contributed by atoms with E-state index < -0.39 is 50.2 Å². The molecular formula is C22H44N7O8P. The minimum atomic E-state index is -5.35. The average molecular weight is 566 g/mol. The molecule has 0 unspecified atom stereocenters. The number of nitrogens with one attached hydrogen (secondary N) is 3. The Kier molecular flexibility index (Phi) is 16.6. The first kappa shape index (κ1) is 35.9. The number of quaternary nitrogens is 2. The topological polar surface area (TPSA) is 214 Å². The Morgan fingerprint density at radius 2 is 1.63 bits per heavy atom. The summed E-state index contributed by atoms with van der Waals surface area (Å²) in [6, 6.07) is 0. The van der Waals surface area contributed by atoms with E-state index in [1.54, 1.807) is 9.80 Å². The molecule has 1 fully saturated rings. The molecule has 0 radical (unpaired) electrons. The minimum Gasteiger partial charge on any atom is -0.790 e. The summed E-state index contributed by atoms with van der Waals surface area (Å²) in [6.07, 6.45) is -1.97. The van der Waals surface area contributed by atoms with E-state index in [2.05, 4.69) is 56.1 Å². The number of H-pyrrole nitrogens is 1. The summed E-state index contributed by atoms with van der Waals surface area (Å²) in [5, 5.41) is 13.4. The Bertz CT molecular complexity index is 1010. The highest BCUT2D eigenvalue weighted by Crippen LogP contribution is 2.39. The number of aromatic nitrogens is 2. The van der Waals surface area contributed by atoms with Gasteiger partial charge in [-0.15, -0.1) is 0 Å². The molecule has 0 aromatic carbocycles. The Hall–Kier alpha value is -2.06. The molecule has 15 nitrogen and oxygen atoms in total. The Labute approximate surface area is 223 Å². The smallest absolute Gasteiger partial charge is 0.330 e. The summed E-state index contributed by atoms with van der Waals surface area (Å²) >= 11 is 0. The Morgan fingerprint density at radius 1 is 1.16 bits per heavy atom. The molecule has 0 amide bonds. The molecule has 4 N–H and O–H groups in total. The number of phosphoric acid groups is 1. The van der Waals surface area contributed by atoms with Gasteiger partial charge in [-0.05, 0) is 54.0 Å². The first-order valence-corrected chi connectivity index (χ1v) is 14.3. The van der Waals surface area contributed by atoms with Crippen LogP contribution in [0.2, 0.25) is 0 Å². The van der Waals surface area contributed by atoms with Gasteiger partial charge in [0.05, 0.1) is 53.7 Å². The number of aromatic amines is 1. The zero-order valence-corrected chi connectivity index (χ0v) is 24.3. The quantitative estimate of drug-likeness (QED) is 0.100. The Morgan fingerprint density at radius 3 is 2.00 bits per heavy atom. The predicted molar refractivity (Wildman–Crippen MR) is 137 cm³/mol. The van der Waals surface area contributed by atoms with Gasteiger partial charge < -0.3 is 38.5 Å². The first-order valence-electron chi connectivity index (χ1n) is 12.8. The SMILES string of the molecule is CC[NH+](CC)CC.CC[NH+](CC)CC.Cc1cn([C@H]2C[C@@](O)(N=[N+]=[N-])[C@@H](COP(=O)([O-])[O-])O2)c(=O)[nH]c1=O. The molecule has 0 spiro atoms. The second-order valence-electron chi connectivity index (χ2n) is 8.69. The lowest BCUT2D eigenvalue weighted by molar-refractivity contribution is -0.894. The van der Waals surface area contributed by atoms with Crippen molar-refractivity contribution in [3.05, 3.63) is 43.0 Å². The maximum Gasteiger partial charge on any atom is 0.330 e. The van der Waals surface area contributed by atoms with Gasteiger partial charge in [-0.3, -0.25) is 14.3 Å². The van der Waals surface area contributed by atoms with Crippen LogP contribution in [-0.2, 0) is 13.8 Å². The summed E-state index contributed by atoms with van der Waals surface area (Å²) in [6.45, 7) is 21.5. The van der Waals surface area contributed by atoms with Gasteiger partial charge in [0.25, 0.3) is 5.56 Å². The van der Waals surface area contributed by atoms with E-state index >= 15 is 0 Å². The lowest BCUT2D eigenvalue weighted by Gasteiger charge is -2.31. The molecule has 2 rings (SSSR count). The van der Waals surface area contributed by atoms with Crippen molar-refractivity contribution in [3.63, 3.8) is 0 Å². The van der Waals surface area contributed by atoms with Gasteiger partial charge >= 0.3 is 5.69 Å². The summed E-state index contributed by atoms with van der Waals surface area (Å²) in [7, 11) is -5.35. The van der Waals surface area contributed by atoms with Gasteiger partial charge in [0.2, 0.25) is 0 Å². The van der Waals surface area contributed by atoms with Gasteiger partial charge in [-0.25, -0.2) is 4.79 Å². The van der Waals surface area contributed by atoms with Gasteiger partial charge in [0.1, 0.15) is 12.3 Å². The molecule has 1 aliphatic rings. The molecule has 1 aromatic heterocycles. The van der Waals surface area contributed by atoms with E-state index in [9.17, 15) is 29.0 Å². The number of nitrogens with zero attached hydrogens (tertiary/aromatic N) is 4. The number of ether oxygens (including phenoxy) is 1. The highest BCUT2D eigenvalue weighted by Gasteiger charge is 2.48. The van der Waals surface area contributed by atoms with Crippen molar-refractivity contribution in [1.29, 1.82) is 0 Å². The number of phosphoric ester groups is 1. The summed E-state index contributed by atoms with van der Waals surface area (Å²) in [5.41, 5.74) is 5.00. The third-order valence-electron chi connectivity index (χ3n) is 6.37. The van der Waals surface area contributed by atoms with Crippen molar-refractivity contribution in [2.75, 3.05) is 45.9 Å². The molecule has 1 saturated heterocycles. The molecular weight excluding hydrogens is 521 g/mol. The van der Waals surface area contributed by atoms with E-state index in [1.807, 2.05) is 4.98 Å². The van der Waals surface area contributed by atoms with Gasteiger partial charge in [0, 0.05) is 23.1 Å². The van der Waals surface area contributed by atoms with Gasteiger partial charge in [-0.2, -0.15) is 0 Å². The first-order chi connectivity index (χ1) is 17.7. The Balaban J connectivity index is 0.000000804. The van der Waals surface area contributed by atoms with E-state index in [0.717, 1.165) is 10.8 Å². The molecule has 2 heterocycles. The maximum atomic E-state index is 11.8. The van der Waals surface area contributed by atoms with Gasteiger partial charge in [-0.1, -0.05) is 5.11 Å². The van der Waals surface area contributed by atoms with Crippen LogP contribution in [0.5, 0.6) is 0 Å². The van der Waals surface area contributed by atoms with Crippen molar-refractivity contribution in [1.82, 2.24) is 9.55 Å². The normalized spacial score (nSPS) is 20.8.